The number of hydrogen-bond donors (Lipinski definition) is 2. The summed E-state index contributed by atoms with van der Waals surface area (Å²) in [5.41, 5.74) is 7.35. The van der Waals surface area contributed by atoms with Crippen LogP contribution in [0.3, 0.4) is 0 Å². The summed E-state index contributed by atoms with van der Waals surface area (Å²) < 4.78 is 23.0. The van der Waals surface area contributed by atoms with Crippen molar-refractivity contribution in [2.24, 2.45) is 11.1 Å². The van der Waals surface area contributed by atoms with Crippen LogP contribution in [0.4, 0.5) is 11.4 Å². The Morgan fingerprint density at radius 2 is 1.86 bits per heavy atom. The third-order valence-corrected chi connectivity index (χ3v) is 5.56. The molecule has 0 aromatic heterocycles. The van der Waals surface area contributed by atoms with Gasteiger partial charge in [-0.05, 0) is 49.8 Å². The number of sulfonamides is 1. The Morgan fingerprint density at radius 3 is 2.38 bits per heavy atom. The Balaban J connectivity index is 2.21. The second-order valence-corrected chi connectivity index (χ2v) is 7.52. The van der Waals surface area contributed by atoms with Crippen LogP contribution in [0.1, 0.15) is 39.0 Å². The third-order valence-electron chi connectivity index (χ3n) is 4.65. The lowest BCUT2D eigenvalue weighted by molar-refractivity contribution is 0.313. The zero-order chi connectivity index (χ0) is 15.6. The van der Waals surface area contributed by atoms with Crippen molar-refractivity contribution in [2.75, 3.05) is 17.7 Å². The van der Waals surface area contributed by atoms with Crippen LogP contribution in [0.5, 0.6) is 0 Å². The van der Waals surface area contributed by atoms with Gasteiger partial charge in [0.05, 0.1) is 16.3 Å². The standard InChI is InChI=1S/C15H25N3O2S/c1-3-11-4-6-12(7-5-11)18(2)15-10-13(21(17,19)20)8-9-14(15)16/h8-12H,3-7,16H2,1-2H3,(H2,17,19,20). The van der Waals surface area contributed by atoms with Gasteiger partial charge in [0.15, 0.2) is 0 Å². The minimum Gasteiger partial charge on any atom is -0.397 e. The maximum atomic E-state index is 11.5. The van der Waals surface area contributed by atoms with E-state index in [1.165, 1.54) is 25.3 Å². The molecule has 0 atom stereocenters. The number of anilines is 2. The zero-order valence-corrected chi connectivity index (χ0v) is 13.6. The average molecular weight is 311 g/mol. The molecule has 118 valence electrons. The number of nitrogen functional groups attached to an aromatic ring is 1. The van der Waals surface area contributed by atoms with Crippen molar-refractivity contribution in [1.82, 2.24) is 0 Å². The molecule has 1 aromatic rings. The molecule has 0 amide bonds. The quantitative estimate of drug-likeness (QED) is 0.835. The highest BCUT2D eigenvalue weighted by molar-refractivity contribution is 7.89. The van der Waals surface area contributed by atoms with Crippen LogP contribution in [-0.4, -0.2) is 21.5 Å². The van der Waals surface area contributed by atoms with E-state index in [0.717, 1.165) is 24.4 Å². The van der Waals surface area contributed by atoms with Gasteiger partial charge in [0.1, 0.15) is 0 Å². The van der Waals surface area contributed by atoms with Crippen molar-refractivity contribution >= 4 is 21.4 Å². The van der Waals surface area contributed by atoms with Crippen molar-refractivity contribution < 1.29 is 8.42 Å². The van der Waals surface area contributed by atoms with Crippen LogP contribution in [0.2, 0.25) is 0 Å². The van der Waals surface area contributed by atoms with Crippen molar-refractivity contribution in [3.05, 3.63) is 18.2 Å². The van der Waals surface area contributed by atoms with Crippen LogP contribution >= 0.6 is 0 Å². The van der Waals surface area contributed by atoms with Gasteiger partial charge in [-0.2, -0.15) is 0 Å². The van der Waals surface area contributed by atoms with Gasteiger partial charge in [-0.15, -0.1) is 0 Å². The highest BCUT2D eigenvalue weighted by Crippen LogP contribution is 2.34. The SMILES string of the molecule is CCC1CCC(N(C)c2cc(S(N)(=O)=O)ccc2N)CC1. The topological polar surface area (TPSA) is 89.4 Å². The fourth-order valence-electron chi connectivity index (χ4n) is 3.14. The Bertz CT molecular complexity index is 593. The lowest BCUT2D eigenvalue weighted by Crippen LogP contribution is -2.35. The lowest BCUT2D eigenvalue weighted by Gasteiger charge is -2.36. The maximum absolute atomic E-state index is 11.5. The van der Waals surface area contributed by atoms with E-state index in [2.05, 4.69) is 11.8 Å². The van der Waals surface area contributed by atoms with E-state index in [1.54, 1.807) is 12.1 Å². The fourth-order valence-corrected chi connectivity index (χ4v) is 3.68. The van der Waals surface area contributed by atoms with E-state index < -0.39 is 10.0 Å². The summed E-state index contributed by atoms with van der Waals surface area (Å²) in [6.45, 7) is 2.24. The Morgan fingerprint density at radius 1 is 1.24 bits per heavy atom. The molecule has 2 rings (SSSR count). The van der Waals surface area contributed by atoms with E-state index in [-0.39, 0.29) is 4.90 Å². The minimum absolute atomic E-state index is 0.112. The largest absolute Gasteiger partial charge is 0.397 e. The summed E-state index contributed by atoms with van der Waals surface area (Å²) in [5, 5.41) is 5.20. The minimum atomic E-state index is -3.70. The number of rotatable bonds is 4. The molecule has 5 nitrogen and oxygen atoms in total. The van der Waals surface area contributed by atoms with Crippen LogP contribution < -0.4 is 15.8 Å². The molecule has 0 unspecified atom stereocenters. The summed E-state index contributed by atoms with van der Waals surface area (Å²) in [5.74, 6) is 0.822. The number of nitrogens with zero attached hydrogens (tertiary/aromatic N) is 1. The summed E-state index contributed by atoms with van der Waals surface area (Å²) in [7, 11) is -1.72. The van der Waals surface area contributed by atoms with Gasteiger partial charge in [-0.1, -0.05) is 13.3 Å². The Hall–Kier alpha value is -1.27. The molecule has 6 heteroatoms. The lowest BCUT2D eigenvalue weighted by atomic mass is 9.84. The number of nitrogens with two attached hydrogens (primary N) is 2. The van der Waals surface area contributed by atoms with Gasteiger partial charge >= 0.3 is 0 Å². The van der Waals surface area contributed by atoms with E-state index in [4.69, 9.17) is 10.9 Å². The van der Waals surface area contributed by atoms with Crippen molar-refractivity contribution in [3.63, 3.8) is 0 Å². The number of primary sulfonamides is 1. The highest BCUT2D eigenvalue weighted by Gasteiger charge is 2.24. The molecule has 0 saturated heterocycles. The van der Waals surface area contributed by atoms with Crippen LogP contribution in [0.25, 0.3) is 0 Å². The van der Waals surface area contributed by atoms with Gasteiger partial charge in [-0.3, -0.25) is 0 Å². The molecule has 1 aliphatic rings. The number of benzene rings is 1. The van der Waals surface area contributed by atoms with E-state index in [9.17, 15) is 8.42 Å². The van der Waals surface area contributed by atoms with Crippen molar-refractivity contribution in [1.29, 1.82) is 0 Å². The molecule has 0 aliphatic heterocycles. The molecule has 0 bridgehead atoms. The summed E-state index contributed by atoms with van der Waals surface area (Å²) in [6, 6.07) is 5.06. The molecule has 1 aromatic carbocycles. The molecule has 1 fully saturated rings. The summed E-state index contributed by atoms with van der Waals surface area (Å²) in [4.78, 5) is 2.22. The molecule has 4 N–H and O–H groups in total. The third kappa shape index (κ3) is 3.68. The number of hydrogen-bond acceptors (Lipinski definition) is 4. The van der Waals surface area contributed by atoms with Crippen molar-refractivity contribution in [3.8, 4) is 0 Å². The molecule has 0 radical (unpaired) electrons. The van der Waals surface area contributed by atoms with Crippen LogP contribution in [0.15, 0.2) is 23.1 Å². The maximum Gasteiger partial charge on any atom is 0.238 e. The van der Waals surface area contributed by atoms with E-state index in [1.807, 2.05) is 7.05 Å². The second kappa shape index (κ2) is 6.23. The molecule has 1 saturated carbocycles. The smallest absolute Gasteiger partial charge is 0.238 e. The first-order valence-electron chi connectivity index (χ1n) is 7.48. The predicted molar refractivity (Wildman–Crippen MR) is 86.7 cm³/mol. The van der Waals surface area contributed by atoms with Crippen LogP contribution in [-0.2, 0) is 10.0 Å². The normalized spacial score (nSPS) is 23.0. The molecule has 1 aliphatic carbocycles. The summed E-state index contributed by atoms with van der Waals surface area (Å²) >= 11 is 0. The predicted octanol–water partition coefficient (Wildman–Crippen LogP) is 2.32. The molecule has 21 heavy (non-hydrogen) atoms. The van der Waals surface area contributed by atoms with E-state index in [0.29, 0.717) is 11.7 Å². The molecule has 0 heterocycles. The van der Waals surface area contributed by atoms with Gasteiger partial charge in [0.2, 0.25) is 10.0 Å². The first-order chi connectivity index (χ1) is 9.82. The van der Waals surface area contributed by atoms with Gasteiger partial charge in [-0.25, -0.2) is 13.6 Å². The molecular formula is C15H25N3O2S. The highest BCUT2D eigenvalue weighted by atomic mass is 32.2. The summed E-state index contributed by atoms with van der Waals surface area (Å²) in [6.07, 6.45) is 5.92. The van der Waals surface area contributed by atoms with Crippen LogP contribution in [0, 0.1) is 5.92 Å². The zero-order valence-electron chi connectivity index (χ0n) is 12.7. The Labute approximate surface area is 127 Å². The average Bonchev–Trinajstić information content (AvgIpc) is 2.46. The first-order valence-corrected chi connectivity index (χ1v) is 9.02. The Kier molecular flexibility index (Phi) is 4.78. The van der Waals surface area contributed by atoms with Gasteiger partial charge in [0.25, 0.3) is 0 Å². The first kappa shape index (κ1) is 16.1. The van der Waals surface area contributed by atoms with E-state index >= 15 is 0 Å². The monoisotopic (exact) mass is 311 g/mol. The van der Waals surface area contributed by atoms with Crippen molar-refractivity contribution in [2.45, 2.75) is 50.0 Å². The second-order valence-electron chi connectivity index (χ2n) is 5.96. The fraction of sp³-hybridized carbons (Fsp3) is 0.600. The van der Waals surface area contributed by atoms with Gasteiger partial charge < -0.3 is 10.6 Å². The van der Waals surface area contributed by atoms with Gasteiger partial charge in [0, 0.05) is 13.1 Å². The molecule has 0 spiro atoms. The molecular weight excluding hydrogens is 286 g/mol.